The fourth-order valence-corrected chi connectivity index (χ4v) is 5.14. The van der Waals surface area contributed by atoms with E-state index >= 15 is 0 Å². The summed E-state index contributed by atoms with van der Waals surface area (Å²) in [6.45, 7) is 4.28. The van der Waals surface area contributed by atoms with Crippen molar-refractivity contribution in [3.05, 3.63) is 82.9 Å². The van der Waals surface area contributed by atoms with Crippen molar-refractivity contribution in [2.45, 2.75) is 37.8 Å². The molecule has 0 fully saturated rings. The topological polar surface area (TPSA) is 90.5 Å². The number of nitrogens with one attached hydrogen (secondary N) is 3. The first kappa shape index (κ1) is 27.4. The van der Waals surface area contributed by atoms with Crippen molar-refractivity contribution in [2.75, 3.05) is 16.8 Å². The summed E-state index contributed by atoms with van der Waals surface area (Å²) in [5, 5.41) is 6.81. The summed E-state index contributed by atoms with van der Waals surface area (Å²) in [4.78, 5) is 14.4. The van der Waals surface area contributed by atoms with Gasteiger partial charge in [-0.2, -0.15) is 0 Å². The summed E-state index contributed by atoms with van der Waals surface area (Å²) in [6, 6.07) is 19.5. The molecule has 1 aliphatic rings. The first-order valence-corrected chi connectivity index (χ1v) is 12.9. The Labute approximate surface area is 233 Å². The molecule has 3 aromatic carbocycles. The number of hydrogen-bond acceptors (Lipinski definition) is 5. The monoisotopic (exact) mass is 521 g/mol. The number of urea groups is 1. The van der Waals surface area contributed by atoms with Crippen LogP contribution in [0.4, 0.5) is 21.9 Å². The number of amides is 2. The quantitative estimate of drug-likeness (QED) is 0.389. The molecule has 0 aliphatic carbocycles. The van der Waals surface area contributed by atoms with Crippen molar-refractivity contribution in [3.8, 4) is 0 Å². The van der Waals surface area contributed by atoms with Gasteiger partial charge in [0, 0.05) is 41.8 Å². The third-order valence-corrected chi connectivity index (χ3v) is 7.37. The standard InChI is InChI=1S/C25H27ClN4O3S.Na/c1-3-23-28-22-6-4-5-21(26)24(22)30(23)19-11-9-18(10-12-19)15-16-27-25(31)29-34(32,33)20-13-7-17(2)8-14-20;/h4-14,23,28H,3,15-16H2,1-2H3,(H2,27,29,31);. The largest absolute Gasteiger partial charge is 0.363 e. The van der Waals surface area contributed by atoms with Crippen LogP contribution in [0.5, 0.6) is 0 Å². The summed E-state index contributed by atoms with van der Waals surface area (Å²) in [7, 11) is -3.91. The Morgan fingerprint density at radius 2 is 1.74 bits per heavy atom. The van der Waals surface area contributed by atoms with E-state index in [0.29, 0.717) is 18.0 Å². The van der Waals surface area contributed by atoms with E-state index in [2.05, 4.69) is 22.5 Å². The molecule has 10 heteroatoms. The van der Waals surface area contributed by atoms with E-state index in [9.17, 15) is 13.2 Å². The molecular weight excluding hydrogens is 495 g/mol. The zero-order chi connectivity index (χ0) is 24.3. The van der Waals surface area contributed by atoms with Crippen LogP contribution in [-0.4, -0.2) is 56.7 Å². The van der Waals surface area contributed by atoms with Gasteiger partial charge >= 0.3 is 6.03 Å². The Balaban J connectivity index is 0.00000342. The molecule has 1 heterocycles. The molecule has 2 amide bonds. The predicted octanol–water partition coefficient (Wildman–Crippen LogP) is 4.80. The average molecular weight is 522 g/mol. The van der Waals surface area contributed by atoms with Gasteiger partial charge in [-0.15, -0.1) is 0 Å². The van der Waals surface area contributed by atoms with E-state index in [1.54, 1.807) is 12.1 Å². The molecule has 0 saturated carbocycles. The Morgan fingerprint density at radius 1 is 1.06 bits per heavy atom. The number of fused-ring (bicyclic) bond motifs is 1. The van der Waals surface area contributed by atoms with Crippen LogP contribution in [0.15, 0.2) is 71.6 Å². The first-order valence-electron chi connectivity index (χ1n) is 11.1. The van der Waals surface area contributed by atoms with Crippen LogP contribution in [0, 0.1) is 6.92 Å². The molecule has 3 aromatic rings. The number of nitrogens with zero attached hydrogens (tertiary/aromatic N) is 1. The molecule has 1 radical (unpaired) electrons. The van der Waals surface area contributed by atoms with Gasteiger partial charge in [0.1, 0.15) is 6.17 Å². The summed E-state index contributed by atoms with van der Waals surface area (Å²) in [5.41, 5.74) is 4.96. The molecule has 0 aromatic heterocycles. The Kier molecular flexibility index (Phi) is 9.12. The Hall–Kier alpha value is -2.23. The smallest absolute Gasteiger partial charge is 0.328 e. The van der Waals surface area contributed by atoms with Crippen molar-refractivity contribution in [2.24, 2.45) is 0 Å². The number of hydrogen-bond donors (Lipinski definition) is 3. The van der Waals surface area contributed by atoms with E-state index in [-0.39, 0.29) is 40.6 Å². The third-order valence-electron chi connectivity index (χ3n) is 5.72. The van der Waals surface area contributed by atoms with Crippen molar-refractivity contribution >= 4 is 74.3 Å². The molecule has 4 rings (SSSR count). The van der Waals surface area contributed by atoms with Gasteiger partial charge in [-0.3, -0.25) is 0 Å². The van der Waals surface area contributed by atoms with Gasteiger partial charge in [0.2, 0.25) is 0 Å². The van der Waals surface area contributed by atoms with E-state index in [1.807, 2.05) is 54.1 Å². The van der Waals surface area contributed by atoms with Crippen LogP contribution in [0.3, 0.4) is 0 Å². The zero-order valence-corrected chi connectivity index (χ0v) is 23.6. The Bertz CT molecular complexity index is 1290. The molecule has 3 N–H and O–H groups in total. The second kappa shape index (κ2) is 11.7. The van der Waals surface area contributed by atoms with E-state index in [0.717, 1.165) is 34.6 Å². The van der Waals surface area contributed by atoms with Gasteiger partial charge in [0.05, 0.1) is 21.3 Å². The minimum absolute atomic E-state index is 0. The van der Waals surface area contributed by atoms with E-state index < -0.39 is 16.1 Å². The van der Waals surface area contributed by atoms with Gasteiger partial charge in [-0.25, -0.2) is 17.9 Å². The number of carbonyl (C=O) groups excluding carboxylic acids is 1. The fourth-order valence-electron chi connectivity index (χ4n) is 3.95. The van der Waals surface area contributed by atoms with Crippen LogP contribution >= 0.6 is 11.6 Å². The number of halogens is 1. The zero-order valence-electron chi connectivity index (χ0n) is 20.0. The molecule has 35 heavy (non-hydrogen) atoms. The van der Waals surface area contributed by atoms with Crippen LogP contribution < -0.4 is 20.3 Å². The van der Waals surface area contributed by atoms with Crippen molar-refractivity contribution in [3.63, 3.8) is 0 Å². The van der Waals surface area contributed by atoms with Gasteiger partial charge in [-0.1, -0.05) is 54.4 Å². The van der Waals surface area contributed by atoms with Crippen molar-refractivity contribution < 1.29 is 13.2 Å². The molecule has 1 aliphatic heterocycles. The fraction of sp³-hybridized carbons (Fsp3) is 0.240. The number of para-hydroxylation sites is 1. The molecule has 0 bridgehead atoms. The maximum Gasteiger partial charge on any atom is 0.328 e. The summed E-state index contributed by atoms with van der Waals surface area (Å²) >= 11 is 6.49. The van der Waals surface area contributed by atoms with Gasteiger partial charge in [-0.05, 0) is 61.7 Å². The van der Waals surface area contributed by atoms with Gasteiger partial charge in [0.15, 0.2) is 0 Å². The number of carbonyl (C=O) groups is 1. The van der Waals surface area contributed by atoms with Gasteiger partial charge in [0.25, 0.3) is 10.0 Å². The average Bonchev–Trinajstić information content (AvgIpc) is 3.19. The summed E-state index contributed by atoms with van der Waals surface area (Å²) in [6.07, 6.45) is 1.57. The molecule has 179 valence electrons. The van der Waals surface area contributed by atoms with E-state index in [4.69, 9.17) is 11.6 Å². The summed E-state index contributed by atoms with van der Waals surface area (Å²) in [5.74, 6) is 0. The minimum atomic E-state index is -3.91. The molecule has 0 spiro atoms. The second-order valence-corrected chi connectivity index (χ2v) is 10.3. The van der Waals surface area contributed by atoms with Crippen molar-refractivity contribution in [1.29, 1.82) is 0 Å². The molecule has 1 atom stereocenters. The third kappa shape index (κ3) is 6.32. The molecule has 1 unspecified atom stereocenters. The first-order chi connectivity index (χ1) is 16.3. The van der Waals surface area contributed by atoms with E-state index in [1.165, 1.54) is 12.1 Å². The maximum absolute atomic E-state index is 12.3. The van der Waals surface area contributed by atoms with Crippen LogP contribution in [-0.2, 0) is 16.4 Å². The van der Waals surface area contributed by atoms with Crippen molar-refractivity contribution in [1.82, 2.24) is 10.0 Å². The van der Waals surface area contributed by atoms with Crippen LogP contribution in [0.2, 0.25) is 5.02 Å². The summed E-state index contributed by atoms with van der Waals surface area (Å²) < 4.78 is 26.7. The van der Waals surface area contributed by atoms with Crippen LogP contribution in [0.25, 0.3) is 0 Å². The Morgan fingerprint density at radius 3 is 2.40 bits per heavy atom. The second-order valence-electron chi connectivity index (χ2n) is 8.17. The molecule has 0 saturated heterocycles. The molecular formula is C25H27ClN4NaO3S. The maximum atomic E-state index is 12.3. The van der Waals surface area contributed by atoms with Gasteiger partial charge < -0.3 is 15.5 Å². The molecule has 7 nitrogen and oxygen atoms in total. The SMILES string of the molecule is CCC1Nc2cccc(Cl)c2N1c1ccc(CCNC(=O)NS(=O)(=O)c2ccc(C)cc2)cc1.[Na]. The number of sulfonamides is 1. The number of benzene rings is 3. The number of aryl methyl sites for hydroxylation is 1. The predicted molar refractivity (Wildman–Crippen MR) is 142 cm³/mol. The number of anilines is 3. The minimum Gasteiger partial charge on any atom is -0.363 e. The number of rotatable bonds is 7. The normalized spacial score (nSPS) is 14.5. The van der Waals surface area contributed by atoms with Crippen LogP contribution in [0.1, 0.15) is 24.5 Å².